The number of anilines is 1. The standard InChI is InChI=1S/C27H27N5O2/c28-26-30-13-18(14-31-26)17-5-7-19(8-6-17)27(10-2-11-27)23-15-29-24-21(23)3-1-4-22(24)25(34)32-12-9-20(33)16-32/h1,3-8,13-15,20,29,33H,2,9-12,16H2,(H2,28,30,31). The Labute approximate surface area is 197 Å². The molecule has 1 amide bonds. The maximum absolute atomic E-state index is 13.2. The van der Waals surface area contributed by atoms with Crippen molar-refractivity contribution < 1.29 is 9.90 Å². The van der Waals surface area contributed by atoms with Gasteiger partial charge in [0.05, 0.1) is 17.2 Å². The number of aliphatic hydroxyl groups is 1. The number of carbonyl (C=O) groups is 1. The molecule has 1 aliphatic carbocycles. The smallest absolute Gasteiger partial charge is 0.256 e. The van der Waals surface area contributed by atoms with Gasteiger partial charge >= 0.3 is 0 Å². The van der Waals surface area contributed by atoms with Gasteiger partial charge in [-0.1, -0.05) is 42.8 Å². The second-order valence-electron chi connectivity index (χ2n) is 9.47. The fraction of sp³-hybridized carbons (Fsp3) is 0.296. The van der Waals surface area contributed by atoms with Crippen molar-refractivity contribution in [1.29, 1.82) is 0 Å². The van der Waals surface area contributed by atoms with Crippen molar-refractivity contribution in [3.8, 4) is 11.1 Å². The molecular weight excluding hydrogens is 426 g/mol. The van der Waals surface area contributed by atoms with E-state index in [0.717, 1.165) is 34.9 Å². The molecule has 1 saturated heterocycles. The van der Waals surface area contributed by atoms with Crippen LogP contribution in [0.15, 0.2) is 61.1 Å². The number of amides is 1. The Hall–Kier alpha value is -3.71. The Morgan fingerprint density at radius 1 is 1.09 bits per heavy atom. The average Bonchev–Trinajstić information content (AvgIpc) is 3.46. The molecule has 7 heteroatoms. The zero-order valence-electron chi connectivity index (χ0n) is 18.9. The number of aliphatic hydroxyl groups excluding tert-OH is 1. The summed E-state index contributed by atoms with van der Waals surface area (Å²) in [5.74, 6) is 0.250. The fourth-order valence-electron chi connectivity index (χ4n) is 5.54. The Morgan fingerprint density at radius 3 is 2.50 bits per heavy atom. The van der Waals surface area contributed by atoms with Crippen LogP contribution in [-0.2, 0) is 5.41 Å². The number of likely N-dealkylation sites (tertiary alicyclic amines) is 1. The minimum atomic E-state index is -0.427. The Morgan fingerprint density at radius 2 is 1.85 bits per heavy atom. The van der Waals surface area contributed by atoms with Crippen molar-refractivity contribution in [2.24, 2.45) is 0 Å². The third kappa shape index (κ3) is 3.27. The van der Waals surface area contributed by atoms with Gasteiger partial charge in [-0.25, -0.2) is 9.97 Å². The zero-order chi connectivity index (χ0) is 23.3. The fourth-order valence-corrected chi connectivity index (χ4v) is 5.54. The summed E-state index contributed by atoms with van der Waals surface area (Å²) >= 11 is 0. The first-order valence-electron chi connectivity index (χ1n) is 11.8. The highest BCUT2D eigenvalue weighted by atomic mass is 16.3. The molecule has 4 N–H and O–H groups in total. The number of H-pyrrole nitrogens is 1. The molecule has 2 aromatic heterocycles. The van der Waals surface area contributed by atoms with Crippen molar-refractivity contribution in [3.63, 3.8) is 0 Å². The van der Waals surface area contributed by atoms with Crippen molar-refractivity contribution in [2.75, 3.05) is 18.8 Å². The molecule has 34 heavy (non-hydrogen) atoms. The number of hydrogen-bond acceptors (Lipinski definition) is 5. The molecule has 6 rings (SSSR count). The van der Waals surface area contributed by atoms with Crippen LogP contribution in [0.5, 0.6) is 0 Å². The first-order valence-corrected chi connectivity index (χ1v) is 11.8. The number of aromatic nitrogens is 3. The monoisotopic (exact) mass is 453 g/mol. The van der Waals surface area contributed by atoms with Gasteiger partial charge in [0.25, 0.3) is 5.91 Å². The molecule has 1 aliphatic heterocycles. The van der Waals surface area contributed by atoms with E-state index in [1.807, 2.05) is 12.1 Å². The summed E-state index contributed by atoms with van der Waals surface area (Å²) in [4.78, 5) is 26.6. The highest BCUT2D eigenvalue weighted by Gasteiger charge is 2.42. The van der Waals surface area contributed by atoms with E-state index in [1.165, 1.54) is 17.5 Å². The summed E-state index contributed by atoms with van der Waals surface area (Å²) in [6.45, 7) is 0.997. The van der Waals surface area contributed by atoms with Gasteiger partial charge in [-0.2, -0.15) is 0 Å². The molecule has 0 radical (unpaired) electrons. The molecule has 1 saturated carbocycles. The lowest BCUT2D eigenvalue weighted by Gasteiger charge is -2.43. The van der Waals surface area contributed by atoms with Crippen LogP contribution in [0.2, 0.25) is 0 Å². The van der Waals surface area contributed by atoms with Crippen LogP contribution in [0.25, 0.3) is 22.0 Å². The van der Waals surface area contributed by atoms with Gasteiger partial charge < -0.3 is 20.7 Å². The average molecular weight is 454 g/mol. The topological polar surface area (TPSA) is 108 Å². The zero-order valence-corrected chi connectivity index (χ0v) is 18.9. The van der Waals surface area contributed by atoms with E-state index in [9.17, 15) is 9.90 Å². The number of β-amino-alcohol motifs (C(OH)–C–C–N with tert-alkyl or cyclic N) is 1. The SMILES string of the molecule is Nc1ncc(-c2ccc(C3(c4c[nH]c5c(C(=O)N6CCC(O)C6)cccc45)CCC3)cc2)cn1. The maximum Gasteiger partial charge on any atom is 0.256 e. The van der Waals surface area contributed by atoms with E-state index >= 15 is 0 Å². The van der Waals surface area contributed by atoms with Crippen molar-refractivity contribution in [3.05, 3.63) is 77.7 Å². The van der Waals surface area contributed by atoms with Crippen LogP contribution in [0.1, 0.15) is 47.2 Å². The van der Waals surface area contributed by atoms with Crippen LogP contribution < -0.4 is 5.73 Å². The summed E-state index contributed by atoms with van der Waals surface area (Å²) in [6, 6.07) is 14.6. The molecule has 1 unspecified atom stereocenters. The lowest BCUT2D eigenvalue weighted by atomic mass is 9.60. The Balaban J connectivity index is 1.36. The highest BCUT2D eigenvalue weighted by molar-refractivity contribution is 6.07. The molecule has 0 bridgehead atoms. The Bertz CT molecular complexity index is 1360. The second kappa shape index (κ2) is 7.95. The third-order valence-electron chi connectivity index (χ3n) is 7.56. The van der Waals surface area contributed by atoms with Gasteiger partial charge in [-0.05, 0) is 42.0 Å². The first-order chi connectivity index (χ1) is 16.5. The second-order valence-corrected chi connectivity index (χ2v) is 9.47. The summed E-state index contributed by atoms with van der Waals surface area (Å²) in [5, 5.41) is 11.0. The number of aromatic amines is 1. The molecule has 1 atom stereocenters. The van der Waals surface area contributed by atoms with Gasteiger partial charge in [0.1, 0.15) is 0 Å². The van der Waals surface area contributed by atoms with Crippen LogP contribution in [0.4, 0.5) is 5.95 Å². The van der Waals surface area contributed by atoms with E-state index in [2.05, 4.69) is 51.5 Å². The van der Waals surface area contributed by atoms with E-state index in [4.69, 9.17) is 5.73 Å². The van der Waals surface area contributed by atoms with Crippen LogP contribution in [-0.4, -0.2) is 50.1 Å². The van der Waals surface area contributed by atoms with E-state index in [-0.39, 0.29) is 17.3 Å². The number of carbonyl (C=O) groups excluding carboxylic acids is 1. The van der Waals surface area contributed by atoms with Crippen LogP contribution >= 0.6 is 0 Å². The quantitative estimate of drug-likeness (QED) is 0.435. The number of hydrogen-bond donors (Lipinski definition) is 3. The van der Waals surface area contributed by atoms with E-state index < -0.39 is 6.10 Å². The van der Waals surface area contributed by atoms with Crippen LogP contribution in [0.3, 0.4) is 0 Å². The molecular formula is C27H27N5O2. The molecule has 0 spiro atoms. The largest absolute Gasteiger partial charge is 0.391 e. The molecule has 7 nitrogen and oxygen atoms in total. The van der Waals surface area contributed by atoms with Crippen LogP contribution in [0, 0.1) is 0 Å². The number of nitrogens with zero attached hydrogens (tertiary/aromatic N) is 3. The predicted octanol–water partition coefficient (Wildman–Crippen LogP) is 3.88. The lowest BCUT2D eigenvalue weighted by Crippen LogP contribution is -2.35. The lowest BCUT2D eigenvalue weighted by molar-refractivity contribution is 0.0766. The number of rotatable bonds is 4. The summed E-state index contributed by atoms with van der Waals surface area (Å²) in [5.41, 5.74) is 11.6. The van der Waals surface area contributed by atoms with Crippen molar-refractivity contribution in [2.45, 2.75) is 37.2 Å². The Kier molecular flexibility index (Phi) is 4.88. The minimum absolute atomic E-state index is 0.0201. The number of para-hydroxylation sites is 1. The number of benzene rings is 2. The van der Waals surface area contributed by atoms with Crippen molar-refractivity contribution in [1.82, 2.24) is 19.9 Å². The minimum Gasteiger partial charge on any atom is -0.391 e. The molecule has 2 aliphatic rings. The molecule has 4 aromatic rings. The van der Waals surface area contributed by atoms with Crippen molar-refractivity contribution >= 4 is 22.8 Å². The summed E-state index contributed by atoms with van der Waals surface area (Å²) in [7, 11) is 0. The van der Waals surface area contributed by atoms with Gasteiger partial charge in [0.2, 0.25) is 5.95 Å². The van der Waals surface area contributed by atoms with Gasteiger partial charge in [-0.15, -0.1) is 0 Å². The normalized spacial score (nSPS) is 19.3. The molecule has 2 aromatic carbocycles. The number of nitrogen functional groups attached to an aromatic ring is 1. The molecule has 2 fully saturated rings. The van der Waals surface area contributed by atoms with Gasteiger partial charge in [0, 0.05) is 48.0 Å². The highest BCUT2D eigenvalue weighted by Crippen LogP contribution is 2.51. The first kappa shape index (κ1) is 20.9. The van der Waals surface area contributed by atoms with E-state index in [1.54, 1.807) is 17.3 Å². The number of nitrogens with two attached hydrogens (primary N) is 1. The van der Waals surface area contributed by atoms with Gasteiger partial charge in [0.15, 0.2) is 0 Å². The van der Waals surface area contributed by atoms with Gasteiger partial charge in [-0.3, -0.25) is 4.79 Å². The third-order valence-corrected chi connectivity index (χ3v) is 7.56. The summed E-state index contributed by atoms with van der Waals surface area (Å²) < 4.78 is 0. The molecule has 172 valence electrons. The predicted molar refractivity (Wildman–Crippen MR) is 131 cm³/mol. The number of nitrogens with one attached hydrogen (secondary N) is 1. The van der Waals surface area contributed by atoms with E-state index in [0.29, 0.717) is 25.1 Å². The maximum atomic E-state index is 13.2. The number of fused-ring (bicyclic) bond motifs is 1. The summed E-state index contributed by atoms with van der Waals surface area (Å²) in [6.07, 6.45) is 9.09. The molecule has 3 heterocycles.